The van der Waals surface area contributed by atoms with Crippen molar-refractivity contribution in [1.29, 1.82) is 0 Å². The molecule has 0 fully saturated rings. The highest BCUT2D eigenvalue weighted by Gasteiger charge is 2.40. The molecule has 0 unspecified atom stereocenters. The zero-order valence-electron chi connectivity index (χ0n) is 16.8. The lowest BCUT2D eigenvalue weighted by atomic mass is 9.80. The number of ketones is 1. The molecule has 160 valence electrons. The van der Waals surface area contributed by atoms with E-state index in [4.69, 9.17) is 25.5 Å². The average molecular weight is 449 g/mol. The number of hydrogen-bond donors (Lipinski definition) is 0. The SMILES string of the molecule is O=C1CCCC2=C1[C@H](c1ccco1)c1c(ncn3nc(COc4ccc(Cl)cc4)nc13)O2. The highest BCUT2D eigenvalue weighted by molar-refractivity contribution is 6.30. The number of benzene rings is 1. The minimum Gasteiger partial charge on any atom is -0.486 e. The predicted molar refractivity (Wildman–Crippen MR) is 114 cm³/mol. The molecule has 1 atom stereocenters. The smallest absolute Gasteiger partial charge is 0.228 e. The second kappa shape index (κ2) is 7.49. The van der Waals surface area contributed by atoms with Gasteiger partial charge in [0.05, 0.1) is 17.7 Å². The van der Waals surface area contributed by atoms with Gasteiger partial charge in [0.15, 0.2) is 17.3 Å². The number of carbonyl (C=O) groups excluding carboxylic acids is 1. The van der Waals surface area contributed by atoms with Crippen molar-refractivity contribution in [1.82, 2.24) is 19.6 Å². The van der Waals surface area contributed by atoms with Crippen molar-refractivity contribution < 1.29 is 18.7 Å². The van der Waals surface area contributed by atoms with Crippen LogP contribution in [0.1, 0.15) is 42.3 Å². The van der Waals surface area contributed by atoms with E-state index in [9.17, 15) is 4.79 Å². The van der Waals surface area contributed by atoms with Crippen molar-refractivity contribution >= 4 is 23.0 Å². The van der Waals surface area contributed by atoms with Crippen LogP contribution < -0.4 is 9.47 Å². The summed E-state index contributed by atoms with van der Waals surface area (Å²) in [5.41, 5.74) is 1.84. The Morgan fingerprint density at radius 1 is 1.19 bits per heavy atom. The highest BCUT2D eigenvalue weighted by atomic mass is 35.5. The van der Waals surface area contributed by atoms with Crippen molar-refractivity contribution in [2.75, 3.05) is 0 Å². The van der Waals surface area contributed by atoms with Crippen LogP contribution in [0, 0.1) is 0 Å². The maximum Gasteiger partial charge on any atom is 0.228 e. The summed E-state index contributed by atoms with van der Waals surface area (Å²) in [5, 5.41) is 5.13. The number of carbonyl (C=O) groups is 1. The number of allylic oxidation sites excluding steroid dienone is 2. The Morgan fingerprint density at radius 3 is 2.88 bits per heavy atom. The molecule has 1 aliphatic carbocycles. The third-order valence-corrected chi connectivity index (χ3v) is 5.90. The van der Waals surface area contributed by atoms with Crippen molar-refractivity contribution in [2.45, 2.75) is 31.8 Å². The van der Waals surface area contributed by atoms with Crippen molar-refractivity contribution in [3.63, 3.8) is 0 Å². The lowest BCUT2D eigenvalue weighted by Gasteiger charge is -2.30. The van der Waals surface area contributed by atoms with E-state index in [0.717, 1.165) is 6.42 Å². The molecule has 1 aromatic carbocycles. The summed E-state index contributed by atoms with van der Waals surface area (Å²) in [6.07, 6.45) is 5.09. The third kappa shape index (κ3) is 3.15. The molecule has 1 aliphatic heterocycles. The molecule has 0 saturated carbocycles. The van der Waals surface area contributed by atoms with Gasteiger partial charge < -0.3 is 13.9 Å². The summed E-state index contributed by atoms with van der Waals surface area (Å²) in [7, 11) is 0. The number of rotatable bonds is 4. The molecule has 2 aliphatic rings. The second-order valence-electron chi connectivity index (χ2n) is 7.67. The van der Waals surface area contributed by atoms with Crippen LogP contribution in [-0.2, 0) is 11.4 Å². The second-order valence-corrected chi connectivity index (χ2v) is 8.10. The number of nitrogens with zero attached hydrogens (tertiary/aromatic N) is 4. The van der Waals surface area contributed by atoms with Gasteiger partial charge in [-0.2, -0.15) is 0 Å². The summed E-state index contributed by atoms with van der Waals surface area (Å²) in [5.74, 6) is 2.49. The minimum absolute atomic E-state index is 0.0612. The number of ether oxygens (including phenoxy) is 2. The van der Waals surface area contributed by atoms with Gasteiger partial charge in [0.1, 0.15) is 30.2 Å². The molecule has 32 heavy (non-hydrogen) atoms. The molecule has 6 rings (SSSR count). The van der Waals surface area contributed by atoms with Gasteiger partial charge in [-0.25, -0.2) is 14.5 Å². The molecule has 0 N–H and O–H groups in total. The van der Waals surface area contributed by atoms with E-state index in [2.05, 4.69) is 15.1 Å². The van der Waals surface area contributed by atoms with Crippen LogP contribution >= 0.6 is 11.6 Å². The highest BCUT2D eigenvalue weighted by Crippen LogP contribution is 2.47. The van der Waals surface area contributed by atoms with Crippen LogP contribution in [0.2, 0.25) is 5.02 Å². The van der Waals surface area contributed by atoms with Crippen molar-refractivity contribution in [3.8, 4) is 11.6 Å². The first-order valence-electron chi connectivity index (χ1n) is 10.3. The van der Waals surface area contributed by atoms with Crippen LogP contribution in [0.4, 0.5) is 0 Å². The summed E-state index contributed by atoms with van der Waals surface area (Å²) in [6, 6.07) is 10.7. The molecular formula is C23H17ClN4O4. The van der Waals surface area contributed by atoms with Gasteiger partial charge in [-0.3, -0.25) is 4.79 Å². The Morgan fingerprint density at radius 2 is 2.06 bits per heavy atom. The van der Waals surface area contributed by atoms with Gasteiger partial charge in [0.2, 0.25) is 5.88 Å². The topological polar surface area (TPSA) is 91.8 Å². The lowest BCUT2D eigenvalue weighted by molar-refractivity contribution is -0.116. The Bertz CT molecular complexity index is 1360. The normalized spacial score (nSPS) is 17.8. The minimum atomic E-state index is -0.443. The first-order valence-corrected chi connectivity index (χ1v) is 10.6. The standard InChI is InChI=1S/C23H17ClN4O4/c24-13-6-8-14(9-7-13)31-11-18-26-22-21-20(16-5-2-10-30-16)19-15(29)3-1-4-17(19)32-23(21)25-12-28(22)27-18/h2,5-10,12,20H,1,3-4,11H2/t20-/m0/s1. The number of aromatic nitrogens is 4. The molecule has 4 aromatic rings. The Labute approximate surface area is 187 Å². The molecule has 0 saturated heterocycles. The number of hydrogen-bond acceptors (Lipinski definition) is 7. The van der Waals surface area contributed by atoms with E-state index in [1.165, 1.54) is 0 Å². The van der Waals surface area contributed by atoms with Crippen LogP contribution in [0.5, 0.6) is 11.6 Å². The maximum absolute atomic E-state index is 12.9. The Balaban J connectivity index is 1.43. The number of fused-ring (bicyclic) bond motifs is 3. The number of Topliss-reactive ketones (excluding diaryl/α,β-unsaturated/α-hetero) is 1. The first kappa shape index (κ1) is 19.1. The first-order chi connectivity index (χ1) is 15.7. The van der Waals surface area contributed by atoms with Crippen LogP contribution in [-0.4, -0.2) is 25.4 Å². The predicted octanol–water partition coefficient (Wildman–Crippen LogP) is 4.48. The summed E-state index contributed by atoms with van der Waals surface area (Å²) >= 11 is 5.93. The van der Waals surface area contributed by atoms with Crippen LogP contribution in [0.3, 0.4) is 0 Å². The molecule has 9 heteroatoms. The van der Waals surface area contributed by atoms with E-state index >= 15 is 0 Å². The quantitative estimate of drug-likeness (QED) is 0.454. The molecule has 0 bridgehead atoms. The molecule has 3 aromatic heterocycles. The summed E-state index contributed by atoms with van der Waals surface area (Å²) in [6.45, 7) is 0.164. The van der Waals surface area contributed by atoms with Crippen LogP contribution in [0.15, 0.2) is 64.7 Å². The van der Waals surface area contributed by atoms with Crippen molar-refractivity contribution in [3.05, 3.63) is 82.5 Å². The molecule has 0 spiro atoms. The zero-order chi connectivity index (χ0) is 21.7. The number of halogens is 1. The monoisotopic (exact) mass is 448 g/mol. The van der Waals surface area contributed by atoms with Gasteiger partial charge in [0, 0.05) is 23.4 Å². The molecule has 4 heterocycles. The lowest BCUT2D eigenvalue weighted by Crippen LogP contribution is -2.26. The Hall–Kier alpha value is -3.65. The molecule has 0 radical (unpaired) electrons. The average Bonchev–Trinajstić information content (AvgIpc) is 3.47. The van der Waals surface area contributed by atoms with E-state index < -0.39 is 5.92 Å². The van der Waals surface area contributed by atoms with Crippen LogP contribution in [0.25, 0.3) is 5.65 Å². The van der Waals surface area contributed by atoms with Crippen molar-refractivity contribution in [2.24, 2.45) is 0 Å². The largest absolute Gasteiger partial charge is 0.486 e. The molecule has 0 amide bonds. The van der Waals surface area contributed by atoms with E-state index in [1.807, 2.05) is 6.07 Å². The van der Waals surface area contributed by atoms with Gasteiger partial charge in [-0.1, -0.05) is 11.6 Å². The number of furan rings is 1. The van der Waals surface area contributed by atoms with E-state index in [0.29, 0.717) is 63.6 Å². The zero-order valence-corrected chi connectivity index (χ0v) is 17.6. The van der Waals surface area contributed by atoms with Gasteiger partial charge in [0.25, 0.3) is 0 Å². The van der Waals surface area contributed by atoms with Gasteiger partial charge in [-0.15, -0.1) is 5.10 Å². The van der Waals surface area contributed by atoms with Gasteiger partial charge >= 0.3 is 0 Å². The molecule has 8 nitrogen and oxygen atoms in total. The summed E-state index contributed by atoms with van der Waals surface area (Å²) in [4.78, 5) is 22.0. The fourth-order valence-corrected chi connectivity index (χ4v) is 4.37. The maximum atomic E-state index is 12.9. The van der Waals surface area contributed by atoms with E-state index in [-0.39, 0.29) is 12.4 Å². The molecular weight excluding hydrogens is 432 g/mol. The fourth-order valence-electron chi connectivity index (χ4n) is 4.24. The Kier molecular flexibility index (Phi) is 4.46. The third-order valence-electron chi connectivity index (χ3n) is 5.65. The summed E-state index contributed by atoms with van der Waals surface area (Å²) < 4.78 is 19.2. The van der Waals surface area contributed by atoms with Gasteiger partial charge in [-0.05, 0) is 42.8 Å². The van der Waals surface area contributed by atoms with E-state index in [1.54, 1.807) is 47.4 Å². The fraction of sp³-hybridized carbons (Fsp3) is 0.217.